The lowest BCUT2D eigenvalue weighted by atomic mass is 10.3. The summed E-state index contributed by atoms with van der Waals surface area (Å²) in [5.74, 6) is -0.237. The van der Waals surface area contributed by atoms with Crippen LogP contribution in [0.5, 0.6) is 0 Å². The fourth-order valence-electron chi connectivity index (χ4n) is 1.14. The standard InChI is InChI=1S/C10H9N3OS2/c11-7-2-1-6(3-9(7)15)13-10(14)8-4-16-5-12-8/h1-5,15H,11H2,(H,13,14). The average Bonchev–Trinajstić information content (AvgIpc) is 2.77. The number of thiol groups is 1. The molecule has 16 heavy (non-hydrogen) atoms. The highest BCUT2D eigenvalue weighted by molar-refractivity contribution is 7.80. The lowest BCUT2D eigenvalue weighted by molar-refractivity contribution is 0.102. The first-order chi connectivity index (χ1) is 7.66. The number of nitrogen functional groups attached to an aromatic ring is 1. The maximum absolute atomic E-state index is 11.6. The zero-order valence-electron chi connectivity index (χ0n) is 8.18. The van der Waals surface area contributed by atoms with Gasteiger partial charge in [-0.3, -0.25) is 4.79 Å². The summed E-state index contributed by atoms with van der Waals surface area (Å²) in [6.07, 6.45) is 0. The fraction of sp³-hybridized carbons (Fsp3) is 0. The van der Waals surface area contributed by atoms with E-state index in [1.54, 1.807) is 29.1 Å². The molecule has 0 spiro atoms. The van der Waals surface area contributed by atoms with Gasteiger partial charge in [-0.05, 0) is 18.2 Å². The van der Waals surface area contributed by atoms with Gasteiger partial charge in [0, 0.05) is 21.7 Å². The largest absolute Gasteiger partial charge is 0.398 e. The van der Waals surface area contributed by atoms with Gasteiger partial charge in [0.05, 0.1) is 5.51 Å². The van der Waals surface area contributed by atoms with Gasteiger partial charge in [-0.15, -0.1) is 24.0 Å². The Labute approximate surface area is 102 Å². The third kappa shape index (κ3) is 2.34. The van der Waals surface area contributed by atoms with Crippen molar-refractivity contribution < 1.29 is 4.79 Å². The number of carbonyl (C=O) groups is 1. The molecule has 0 saturated carbocycles. The van der Waals surface area contributed by atoms with Crippen molar-refractivity contribution in [1.29, 1.82) is 0 Å². The molecule has 0 aliphatic heterocycles. The molecule has 3 N–H and O–H groups in total. The molecule has 82 valence electrons. The van der Waals surface area contributed by atoms with Gasteiger partial charge in [0.15, 0.2) is 0 Å². The predicted octanol–water partition coefficient (Wildman–Crippen LogP) is 2.27. The zero-order chi connectivity index (χ0) is 11.5. The number of aromatic nitrogens is 1. The van der Waals surface area contributed by atoms with Crippen molar-refractivity contribution in [3.8, 4) is 0 Å². The molecule has 4 nitrogen and oxygen atoms in total. The number of nitrogens with one attached hydrogen (secondary N) is 1. The van der Waals surface area contributed by atoms with Gasteiger partial charge in [-0.2, -0.15) is 0 Å². The molecule has 0 saturated heterocycles. The summed E-state index contributed by atoms with van der Waals surface area (Å²) in [4.78, 5) is 16.2. The number of nitrogens with two attached hydrogens (primary N) is 1. The first-order valence-corrected chi connectivity index (χ1v) is 5.84. The number of benzene rings is 1. The molecule has 0 fully saturated rings. The Balaban J connectivity index is 2.15. The molecule has 6 heteroatoms. The summed E-state index contributed by atoms with van der Waals surface area (Å²) >= 11 is 5.55. The minimum absolute atomic E-state index is 0.237. The summed E-state index contributed by atoms with van der Waals surface area (Å²) in [7, 11) is 0. The van der Waals surface area contributed by atoms with E-state index in [2.05, 4.69) is 22.9 Å². The molecule has 0 unspecified atom stereocenters. The van der Waals surface area contributed by atoms with Gasteiger partial charge >= 0.3 is 0 Å². The molecule has 1 aromatic heterocycles. The maximum Gasteiger partial charge on any atom is 0.275 e. The monoisotopic (exact) mass is 251 g/mol. The highest BCUT2D eigenvalue weighted by Gasteiger charge is 2.08. The minimum atomic E-state index is -0.237. The van der Waals surface area contributed by atoms with Crippen LogP contribution in [0, 0.1) is 0 Å². The summed E-state index contributed by atoms with van der Waals surface area (Å²) in [5, 5.41) is 4.40. The number of rotatable bonds is 2. The van der Waals surface area contributed by atoms with E-state index in [0.29, 0.717) is 22.0 Å². The number of hydrogen-bond acceptors (Lipinski definition) is 5. The molecule has 0 aliphatic rings. The van der Waals surface area contributed by atoms with E-state index in [9.17, 15) is 4.79 Å². The number of hydrogen-bond donors (Lipinski definition) is 3. The van der Waals surface area contributed by atoms with Crippen LogP contribution in [0.25, 0.3) is 0 Å². The zero-order valence-corrected chi connectivity index (χ0v) is 9.89. The van der Waals surface area contributed by atoms with E-state index >= 15 is 0 Å². The highest BCUT2D eigenvalue weighted by Crippen LogP contribution is 2.21. The third-order valence-electron chi connectivity index (χ3n) is 1.95. The maximum atomic E-state index is 11.6. The van der Waals surface area contributed by atoms with E-state index in [0.717, 1.165) is 0 Å². The molecular formula is C10H9N3OS2. The second kappa shape index (κ2) is 4.54. The summed E-state index contributed by atoms with van der Waals surface area (Å²) < 4.78 is 0. The Morgan fingerprint density at radius 2 is 2.31 bits per heavy atom. The van der Waals surface area contributed by atoms with Crippen LogP contribution in [-0.4, -0.2) is 10.9 Å². The molecule has 2 aromatic rings. The van der Waals surface area contributed by atoms with E-state index < -0.39 is 0 Å². The fourth-order valence-corrected chi connectivity index (χ4v) is 1.89. The van der Waals surface area contributed by atoms with Crippen LogP contribution >= 0.6 is 24.0 Å². The summed E-state index contributed by atoms with van der Waals surface area (Å²) in [6, 6.07) is 5.11. The van der Waals surface area contributed by atoms with Crippen LogP contribution in [0.1, 0.15) is 10.5 Å². The molecule has 0 aliphatic carbocycles. The van der Waals surface area contributed by atoms with E-state index in [1.807, 2.05) is 0 Å². The quantitative estimate of drug-likeness (QED) is 0.566. The molecule has 2 rings (SSSR count). The van der Waals surface area contributed by atoms with Crippen LogP contribution in [0.15, 0.2) is 34.0 Å². The van der Waals surface area contributed by atoms with E-state index in [4.69, 9.17) is 5.73 Å². The first kappa shape index (κ1) is 11.0. The SMILES string of the molecule is Nc1ccc(NC(=O)c2cscn2)cc1S. The number of thiazole rings is 1. The Hall–Kier alpha value is -1.53. The molecule has 0 bridgehead atoms. The van der Waals surface area contributed by atoms with Crippen LogP contribution < -0.4 is 11.1 Å². The molecule has 0 radical (unpaired) electrons. The van der Waals surface area contributed by atoms with Gasteiger partial charge in [0.25, 0.3) is 5.91 Å². The summed E-state index contributed by atoms with van der Waals surface area (Å²) in [6.45, 7) is 0. The smallest absolute Gasteiger partial charge is 0.275 e. The summed E-state index contributed by atoms with van der Waals surface area (Å²) in [5.41, 5.74) is 8.86. The lowest BCUT2D eigenvalue weighted by Crippen LogP contribution is -2.12. The topological polar surface area (TPSA) is 68.0 Å². The second-order valence-corrected chi connectivity index (χ2v) is 4.30. The minimum Gasteiger partial charge on any atom is -0.398 e. The van der Waals surface area contributed by atoms with Crippen LogP contribution in [-0.2, 0) is 0 Å². The molecular weight excluding hydrogens is 242 g/mol. The van der Waals surface area contributed by atoms with Gasteiger partial charge < -0.3 is 11.1 Å². The van der Waals surface area contributed by atoms with Crippen molar-refractivity contribution in [3.05, 3.63) is 34.8 Å². The number of carbonyl (C=O) groups excluding carboxylic acids is 1. The Bertz CT molecular complexity index is 511. The molecule has 1 aromatic carbocycles. The number of anilines is 2. The van der Waals surface area contributed by atoms with Gasteiger partial charge in [-0.1, -0.05) is 0 Å². The van der Waals surface area contributed by atoms with Crippen molar-refractivity contribution in [2.45, 2.75) is 4.90 Å². The Morgan fingerprint density at radius 1 is 1.50 bits per heavy atom. The van der Waals surface area contributed by atoms with Crippen LogP contribution in [0.2, 0.25) is 0 Å². The average molecular weight is 251 g/mol. The van der Waals surface area contributed by atoms with Crippen LogP contribution in [0.3, 0.4) is 0 Å². The first-order valence-electron chi connectivity index (χ1n) is 4.45. The highest BCUT2D eigenvalue weighted by atomic mass is 32.1. The van der Waals surface area contributed by atoms with E-state index in [-0.39, 0.29) is 5.91 Å². The van der Waals surface area contributed by atoms with Crippen molar-refractivity contribution in [1.82, 2.24) is 4.98 Å². The lowest BCUT2D eigenvalue weighted by Gasteiger charge is -2.05. The van der Waals surface area contributed by atoms with Crippen LogP contribution in [0.4, 0.5) is 11.4 Å². The number of nitrogens with zero attached hydrogens (tertiary/aromatic N) is 1. The molecule has 1 amide bonds. The molecule has 1 heterocycles. The van der Waals surface area contributed by atoms with Crippen molar-refractivity contribution in [3.63, 3.8) is 0 Å². The Morgan fingerprint density at radius 3 is 2.94 bits per heavy atom. The van der Waals surface area contributed by atoms with Crippen molar-refractivity contribution in [2.75, 3.05) is 11.1 Å². The Kier molecular flexibility index (Phi) is 3.12. The normalized spacial score (nSPS) is 10.1. The van der Waals surface area contributed by atoms with Gasteiger partial charge in [-0.25, -0.2) is 4.98 Å². The predicted molar refractivity (Wildman–Crippen MR) is 68.2 cm³/mol. The second-order valence-electron chi connectivity index (χ2n) is 3.10. The molecule has 0 atom stereocenters. The number of amides is 1. The van der Waals surface area contributed by atoms with Crippen molar-refractivity contribution in [2.24, 2.45) is 0 Å². The third-order valence-corrected chi connectivity index (χ3v) is 2.93. The van der Waals surface area contributed by atoms with Gasteiger partial charge in [0.2, 0.25) is 0 Å². The van der Waals surface area contributed by atoms with Crippen molar-refractivity contribution >= 4 is 41.2 Å². The van der Waals surface area contributed by atoms with Gasteiger partial charge in [0.1, 0.15) is 5.69 Å². The van der Waals surface area contributed by atoms with E-state index in [1.165, 1.54) is 11.3 Å².